The van der Waals surface area contributed by atoms with Gasteiger partial charge in [0.05, 0.1) is 0 Å². The molecule has 0 aliphatic carbocycles. The van der Waals surface area contributed by atoms with Gasteiger partial charge < -0.3 is 5.32 Å². The molecule has 2 atom stereocenters. The zero-order chi connectivity index (χ0) is 13.0. The van der Waals surface area contributed by atoms with Gasteiger partial charge in [-0.3, -0.25) is 4.90 Å². The number of likely N-dealkylation sites (tertiary alicyclic amines) is 1. The smallest absolute Gasteiger partial charge is 0.0333 e. The first-order chi connectivity index (χ1) is 8.74. The molecule has 0 radical (unpaired) electrons. The fourth-order valence-electron chi connectivity index (χ4n) is 2.88. The summed E-state index contributed by atoms with van der Waals surface area (Å²) >= 11 is 1.97. The van der Waals surface area contributed by atoms with Crippen LogP contribution in [0, 0.1) is 0 Å². The van der Waals surface area contributed by atoms with E-state index in [1.807, 2.05) is 11.3 Å². The van der Waals surface area contributed by atoms with Crippen molar-refractivity contribution in [3.05, 3.63) is 21.9 Å². The van der Waals surface area contributed by atoms with Gasteiger partial charge in [-0.2, -0.15) is 0 Å². The second-order valence-corrected chi connectivity index (χ2v) is 6.56. The normalized spacial score (nSPS) is 24.8. The molecule has 1 fully saturated rings. The van der Waals surface area contributed by atoms with E-state index in [1.54, 1.807) is 0 Å². The van der Waals surface area contributed by atoms with E-state index in [2.05, 4.69) is 43.1 Å². The van der Waals surface area contributed by atoms with Crippen molar-refractivity contribution >= 4 is 11.3 Å². The largest absolute Gasteiger partial charge is 0.312 e. The summed E-state index contributed by atoms with van der Waals surface area (Å²) in [5.41, 5.74) is 0. The Balaban J connectivity index is 1.93. The molecule has 1 aromatic heterocycles. The van der Waals surface area contributed by atoms with Crippen molar-refractivity contribution in [3.63, 3.8) is 0 Å². The van der Waals surface area contributed by atoms with E-state index in [0.29, 0.717) is 0 Å². The van der Waals surface area contributed by atoms with Crippen LogP contribution in [0.3, 0.4) is 0 Å². The van der Waals surface area contributed by atoms with Gasteiger partial charge in [-0.15, -0.1) is 11.3 Å². The molecular formula is C15H26N2S. The van der Waals surface area contributed by atoms with E-state index in [-0.39, 0.29) is 0 Å². The first-order valence-electron chi connectivity index (χ1n) is 7.28. The molecule has 1 saturated heterocycles. The molecule has 3 heteroatoms. The summed E-state index contributed by atoms with van der Waals surface area (Å²) in [7, 11) is 0. The predicted molar refractivity (Wildman–Crippen MR) is 80.0 cm³/mol. The molecule has 0 saturated carbocycles. The van der Waals surface area contributed by atoms with Crippen LogP contribution in [-0.2, 0) is 13.1 Å². The van der Waals surface area contributed by atoms with Crippen LogP contribution in [0.5, 0.6) is 0 Å². The van der Waals surface area contributed by atoms with Gasteiger partial charge in [-0.05, 0) is 44.9 Å². The standard InChI is InChI=1S/C15H26N2S/c1-4-13-7-6-12(3)17(13)11-15-9-8-14(18-15)10-16-5-2/h8-9,12-13,16H,4-7,10-11H2,1-3H3. The molecule has 0 aromatic carbocycles. The Bertz CT molecular complexity index is 361. The molecule has 2 unspecified atom stereocenters. The molecule has 102 valence electrons. The number of hydrogen-bond donors (Lipinski definition) is 1. The second-order valence-electron chi connectivity index (χ2n) is 5.31. The summed E-state index contributed by atoms with van der Waals surface area (Å²) < 4.78 is 0. The lowest BCUT2D eigenvalue weighted by atomic mass is 10.1. The molecule has 0 amide bonds. The van der Waals surface area contributed by atoms with Crippen molar-refractivity contribution in [2.45, 2.75) is 65.2 Å². The third-order valence-corrected chi connectivity index (χ3v) is 5.10. The topological polar surface area (TPSA) is 15.3 Å². The first-order valence-corrected chi connectivity index (χ1v) is 8.10. The molecule has 1 aromatic rings. The van der Waals surface area contributed by atoms with E-state index in [0.717, 1.165) is 31.7 Å². The van der Waals surface area contributed by atoms with Gasteiger partial charge in [-0.1, -0.05) is 13.8 Å². The highest BCUT2D eigenvalue weighted by Crippen LogP contribution is 2.29. The Kier molecular flexibility index (Phi) is 5.22. The molecular weight excluding hydrogens is 240 g/mol. The molecule has 1 aliphatic heterocycles. The van der Waals surface area contributed by atoms with Crippen LogP contribution in [0.1, 0.15) is 49.8 Å². The Morgan fingerprint density at radius 2 is 2.06 bits per heavy atom. The molecule has 2 nitrogen and oxygen atoms in total. The molecule has 0 bridgehead atoms. The molecule has 1 N–H and O–H groups in total. The number of rotatable bonds is 6. The van der Waals surface area contributed by atoms with Gasteiger partial charge in [-0.25, -0.2) is 0 Å². The average Bonchev–Trinajstić information content (AvgIpc) is 2.96. The highest BCUT2D eigenvalue weighted by molar-refractivity contribution is 7.11. The lowest BCUT2D eigenvalue weighted by Crippen LogP contribution is -2.33. The van der Waals surface area contributed by atoms with E-state index in [1.165, 1.54) is 29.0 Å². The summed E-state index contributed by atoms with van der Waals surface area (Å²) in [5, 5.41) is 3.40. The van der Waals surface area contributed by atoms with Crippen LogP contribution in [0.4, 0.5) is 0 Å². The predicted octanol–water partition coefficient (Wildman–Crippen LogP) is 3.62. The molecule has 1 aliphatic rings. The number of hydrogen-bond acceptors (Lipinski definition) is 3. The monoisotopic (exact) mass is 266 g/mol. The third-order valence-electron chi connectivity index (χ3n) is 4.03. The summed E-state index contributed by atoms with van der Waals surface area (Å²) in [4.78, 5) is 5.69. The SMILES string of the molecule is CCNCc1ccc(CN2C(C)CCC2CC)s1. The Labute approximate surface area is 115 Å². The van der Waals surface area contributed by atoms with Crippen LogP contribution >= 0.6 is 11.3 Å². The number of nitrogens with zero attached hydrogens (tertiary/aromatic N) is 1. The summed E-state index contributed by atoms with van der Waals surface area (Å²) in [6.45, 7) is 10.1. The van der Waals surface area contributed by atoms with Crippen LogP contribution in [0.25, 0.3) is 0 Å². The Morgan fingerprint density at radius 3 is 2.78 bits per heavy atom. The highest BCUT2D eigenvalue weighted by atomic mass is 32.1. The minimum atomic E-state index is 0.759. The minimum absolute atomic E-state index is 0.759. The molecule has 18 heavy (non-hydrogen) atoms. The summed E-state index contributed by atoms with van der Waals surface area (Å²) in [6, 6.07) is 6.16. The molecule has 2 heterocycles. The summed E-state index contributed by atoms with van der Waals surface area (Å²) in [5.74, 6) is 0. The van der Waals surface area contributed by atoms with Crippen molar-refractivity contribution in [2.75, 3.05) is 6.54 Å². The molecule has 2 rings (SSSR count). The lowest BCUT2D eigenvalue weighted by Gasteiger charge is -2.27. The van der Waals surface area contributed by atoms with E-state index in [4.69, 9.17) is 0 Å². The van der Waals surface area contributed by atoms with E-state index < -0.39 is 0 Å². The van der Waals surface area contributed by atoms with Crippen LogP contribution in [0.2, 0.25) is 0 Å². The van der Waals surface area contributed by atoms with Gasteiger partial charge in [0.1, 0.15) is 0 Å². The van der Waals surface area contributed by atoms with Gasteiger partial charge in [0.15, 0.2) is 0 Å². The van der Waals surface area contributed by atoms with E-state index in [9.17, 15) is 0 Å². The maximum atomic E-state index is 3.40. The first kappa shape index (κ1) is 14.0. The highest BCUT2D eigenvalue weighted by Gasteiger charge is 2.29. The van der Waals surface area contributed by atoms with Gasteiger partial charge in [0.25, 0.3) is 0 Å². The number of thiophene rings is 1. The third kappa shape index (κ3) is 3.34. The van der Waals surface area contributed by atoms with Crippen molar-refractivity contribution in [1.29, 1.82) is 0 Å². The second kappa shape index (κ2) is 6.69. The van der Waals surface area contributed by atoms with E-state index >= 15 is 0 Å². The van der Waals surface area contributed by atoms with Crippen LogP contribution < -0.4 is 5.32 Å². The zero-order valence-electron chi connectivity index (χ0n) is 11.9. The zero-order valence-corrected chi connectivity index (χ0v) is 12.7. The van der Waals surface area contributed by atoms with Gasteiger partial charge in [0, 0.05) is 34.9 Å². The minimum Gasteiger partial charge on any atom is -0.312 e. The fraction of sp³-hybridized carbons (Fsp3) is 0.733. The molecule has 0 spiro atoms. The summed E-state index contributed by atoms with van der Waals surface area (Å²) in [6.07, 6.45) is 4.04. The maximum Gasteiger partial charge on any atom is 0.0333 e. The quantitative estimate of drug-likeness (QED) is 0.846. The van der Waals surface area contributed by atoms with Crippen molar-refractivity contribution in [2.24, 2.45) is 0 Å². The Morgan fingerprint density at radius 1 is 1.28 bits per heavy atom. The van der Waals surface area contributed by atoms with Gasteiger partial charge >= 0.3 is 0 Å². The fourth-order valence-corrected chi connectivity index (χ4v) is 3.88. The van der Waals surface area contributed by atoms with Crippen LogP contribution in [0.15, 0.2) is 12.1 Å². The maximum absolute atomic E-state index is 3.40. The Hall–Kier alpha value is -0.380. The van der Waals surface area contributed by atoms with Crippen molar-refractivity contribution in [3.8, 4) is 0 Å². The van der Waals surface area contributed by atoms with Crippen molar-refractivity contribution in [1.82, 2.24) is 10.2 Å². The van der Waals surface area contributed by atoms with Gasteiger partial charge in [0.2, 0.25) is 0 Å². The van der Waals surface area contributed by atoms with Crippen molar-refractivity contribution < 1.29 is 0 Å². The average molecular weight is 266 g/mol. The lowest BCUT2D eigenvalue weighted by molar-refractivity contribution is 0.191. The number of nitrogens with one attached hydrogen (secondary N) is 1. The van der Waals surface area contributed by atoms with Crippen LogP contribution in [-0.4, -0.2) is 23.5 Å².